The van der Waals surface area contributed by atoms with E-state index in [1.54, 1.807) is 6.07 Å². The van der Waals surface area contributed by atoms with Gasteiger partial charge in [-0.15, -0.1) is 0 Å². The predicted octanol–water partition coefficient (Wildman–Crippen LogP) is -0.936. The van der Waals surface area contributed by atoms with Crippen molar-refractivity contribution in [2.24, 2.45) is 5.73 Å². The van der Waals surface area contributed by atoms with Crippen molar-refractivity contribution in [3.63, 3.8) is 0 Å². The lowest BCUT2D eigenvalue weighted by Gasteiger charge is -2.04. The van der Waals surface area contributed by atoms with E-state index >= 15 is 0 Å². The molecule has 0 saturated carbocycles. The Bertz CT molecular complexity index is 564. The molecule has 1 rings (SSSR count). The van der Waals surface area contributed by atoms with Crippen LogP contribution in [0.5, 0.6) is 0 Å². The van der Waals surface area contributed by atoms with E-state index in [2.05, 4.69) is 0 Å². The second kappa shape index (κ2) is 5.65. The summed E-state index contributed by atoms with van der Waals surface area (Å²) < 4.78 is 1.24. The van der Waals surface area contributed by atoms with Gasteiger partial charge in [0.1, 0.15) is 11.6 Å². The van der Waals surface area contributed by atoms with Gasteiger partial charge in [-0.2, -0.15) is 5.26 Å². The first-order valence-corrected chi connectivity index (χ1v) is 5.06. The smallest absolute Gasteiger partial charge is 0.328 e. The summed E-state index contributed by atoms with van der Waals surface area (Å²) in [6.45, 7) is 0.331. The Hall–Kier alpha value is -2.36. The van der Waals surface area contributed by atoms with E-state index < -0.39 is 17.2 Å². The number of rotatable bonds is 5. The van der Waals surface area contributed by atoms with E-state index in [1.165, 1.54) is 10.8 Å². The van der Waals surface area contributed by atoms with Gasteiger partial charge in [-0.3, -0.25) is 19.1 Å². The molecule has 17 heavy (non-hydrogen) atoms. The fourth-order valence-electron chi connectivity index (χ4n) is 1.34. The molecule has 1 amide bonds. The molecule has 0 aromatic carbocycles. The van der Waals surface area contributed by atoms with Crippen LogP contribution in [-0.2, 0) is 11.3 Å². The minimum absolute atomic E-state index is 0.112. The fraction of sp³-hybridized carbons (Fsp3) is 0.400. The second-order valence-corrected chi connectivity index (χ2v) is 3.53. The molecule has 1 heterocycles. The minimum atomic E-state index is -0.689. The van der Waals surface area contributed by atoms with Crippen molar-refractivity contribution in [2.75, 3.05) is 0 Å². The molecule has 7 heteroatoms. The largest absolute Gasteiger partial charge is 0.370 e. The SMILES string of the molecule is N#Cc1cn(CCCCC(N)=O)c(=O)[nH]c1=O. The first kappa shape index (κ1) is 12.7. The number of nitrogens with two attached hydrogens (primary N) is 1. The van der Waals surface area contributed by atoms with Gasteiger partial charge >= 0.3 is 5.69 Å². The highest BCUT2D eigenvalue weighted by Gasteiger charge is 2.03. The number of nitriles is 1. The number of amides is 1. The standard InChI is InChI=1S/C10H12N4O3/c11-5-7-6-14(10(17)13-9(7)16)4-2-1-3-8(12)15/h6H,1-4H2,(H2,12,15)(H,13,16,17). The van der Waals surface area contributed by atoms with E-state index in [4.69, 9.17) is 11.0 Å². The maximum Gasteiger partial charge on any atom is 0.328 e. The Kier molecular flexibility index (Phi) is 4.22. The molecule has 0 radical (unpaired) electrons. The van der Waals surface area contributed by atoms with Crippen LogP contribution >= 0.6 is 0 Å². The highest BCUT2D eigenvalue weighted by atomic mass is 16.2. The minimum Gasteiger partial charge on any atom is -0.370 e. The average molecular weight is 236 g/mol. The molecule has 0 aliphatic rings. The van der Waals surface area contributed by atoms with Gasteiger partial charge < -0.3 is 5.73 Å². The molecule has 0 aliphatic heterocycles. The van der Waals surface area contributed by atoms with Crippen LogP contribution in [0.2, 0.25) is 0 Å². The van der Waals surface area contributed by atoms with E-state index in [1.807, 2.05) is 4.98 Å². The number of carbonyl (C=O) groups is 1. The fourth-order valence-corrected chi connectivity index (χ4v) is 1.34. The quantitative estimate of drug-likeness (QED) is 0.641. The number of hydrogen-bond donors (Lipinski definition) is 2. The number of aromatic amines is 1. The molecule has 7 nitrogen and oxygen atoms in total. The summed E-state index contributed by atoms with van der Waals surface area (Å²) in [5.41, 5.74) is 3.61. The number of carbonyl (C=O) groups excluding carboxylic acids is 1. The van der Waals surface area contributed by atoms with Crippen molar-refractivity contribution in [1.29, 1.82) is 5.26 Å². The summed E-state index contributed by atoms with van der Waals surface area (Å²) in [6, 6.07) is 1.69. The van der Waals surface area contributed by atoms with Crippen LogP contribution in [-0.4, -0.2) is 15.5 Å². The van der Waals surface area contributed by atoms with Crippen LogP contribution < -0.4 is 17.0 Å². The molecule has 0 unspecified atom stereocenters. The van der Waals surface area contributed by atoms with Crippen molar-refractivity contribution in [3.05, 3.63) is 32.6 Å². The van der Waals surface area contributed by atoms with Crippen molar-refractivity contribution < 1.29 is 4.79 Å². The lowest BCUT2D eigenvalue weighted by Crippen LogP contribution is -2.31. The lowest BCUT2D eigenvalue weighted by atomic mass is 10.2. The highest BCUT2D eigenvalue weighted by Crippen LogP contribution is 1.97. The molecule has 0 spiro atoms. The number of hydrogen-bond acceptors (Lipinski definition) is 4. The van der Waals surface area contributed by atoms with Gasteiger partial charge in [-0.05, 0) is 12.8 Å². The molecule has 1 aromatic heterocycles. The number of aromatic nitrogens is 2. The van der Waals surface area contributed by atoms with Crippen LogP contribution in [0, 0.1) is 11.3 Å². The molecular weight excluding hydrogens is 224 g/mol. The van der Waals surface area contributed by atoms with Crippen LogP contribution in [0.4, 0.5) is 0 Å². The first-order chi connectivity index (χ1) is 8.04. The molecule has 0 aliphatic carbocycles. The summed E-state index contributed by atoms with van der Waals surface area (Å²) in [6.07, 6.45) is 2.59. The summed E-state index contributed by atoms with van der Waals surface area (Å²) >= 11 is 0. The number of H-pyrrole nitrogens is 1. The van der Waals surface area contributed by atoms with Crippen LogP contribution in [0.25, 0.3) is 0 Å². The maximum absolute atomic E-state index is 11.3. The highest BCUT2D eigenvalue weighted by molar-refractivity contribution is 5.73. The zero-order valence-electron chi connectivity index (χ0n) is 9.10. The van der Waals surface area contributed by atoms with Crippen LogP contribution in [0.3, 0.4) is 0 Å². The van der Waals surface area contributed by atoms with Gasteiger partial charge in [0.25, 0.3) is 5.56 Å². The van der Waals surface area contributed by atoms with Gasteiger partial charge in [0, 0.05) is 19.2 Å². The van der Waals surface area contributed by atoms with Crippen LogP contribution in [0.1, 0.15) is 24.8 Å². The zero-order chi connectivity index (χ0) is 12.8. The van der Waals surface area contributed by atoms with E-state index in [-0.39, 0.29) is 12.0 Å². The number of nitrogens with one attached hydrogen (secondary N) is 1. The Morgan fingerprint density at radius 1 is 1.47 bits per heavy atom. The molecule has 1 aromatic rings. The molecule has 0 atom stereocenters. The van der Waals surface area contributed by atoms with E-state index in [9.17, 15) is 14.4 Å². The summed E-state index contributed by atoms with van der Waals surface area (Å²) in [4.78, 5) is 35.0. The third kappa shape index (κ3) is 3.61. The predicted molar refractivity (Wildman–Crippen MR) is 59.1 cm³/mol. The van der Waals surface area contributed by atoms with Gasteiger partial charge in [-0.25, -0.2) is 4.79 Å². The van der Waals surface area contributed by atoms with Gasteiger partial charge in [0.15, 0.2) is 0 Å². The molecule has 3 N–H and O–H groups in total. The average Bonchev–Trinajstić information content (AvgIpc) is 2.26. The third-order valence-electron chi connectivity index (χ3n) is 2.20. The Morgan fingerprint density at radius 2 is 2.18 bits per heavy atom. The summed E-state index contributed by atoms with van der Waals surface area (Å²) in [5, 5.41) is 8.63. The second-order valence-electron chi connectivity index (χ2n) is 3.53. The molecule has 0 fully saturated rings. The Morgan fingerprint density at radius 3 is 2.76 bits per heavy atom. The lowest BCUT2D eigenvalue weighted by molar-refractivity contribution is -0.118. The normalized spacial score (nSPS) is 9.82. The van der Waals surface area contributed by atoms with Gasteiger partial charge in [0.2, 0.25) is 5.91 Å². The molecule has 90 valence electrons. The third-order valence-corrected chi connectivity index (χ3v) is 2.20. The van der Waals surface area contributed by atoms with E-state index in [0.717, 1.165) is 0 Å². The van der Waals surface area contributed by atoms with Gasteiger partial charge in [-0.1, -0.05) is 0 Å². The van der Waals surface area contributed by atoms with E-state index in [0.29, 0.717) is 19.4 Å². The monoisotopic (exact) mass is 236 g/mol. The molecule has 0 saturated heterocycles. The van der Waals surface area contributed by atoms with Crippen LogP contribution in [0.15, 0.2) is 15.8 Å². The number of nitrogens with zero attached hydrogens (tertiary/aromatic N) is 2. The zero-order valence-corrected chi connectivity index (χ0v) is 9.10. The van der Waals surface area contributed by atoms with Gasteiger partial charge in [0.05, 0.1) is 0 Å². The molecule has 0 bridgehead atoms. The number of aryl methyl sites for hydroxylation is 1. The van der Waals surface area contributed by atoms with Crippen molar-refractivity contribution in [3.8, 4) is 6.07 Å². The Labute approximate surface area is 96.5 Å². The maximum atomic E-state index is 11.3. The topological polar surface area (TPSA) is 122 Å². The number of unbranched alkanes of at least 4 members (excludes halogenated alkanes) is 1. The Balaban J connectivity index is 2.72. The van der Waals surface area contributed by atoms with Crippen molar-refractivity contribution in [2.45, 2.75) is 25.8 Å². The van der Waals surface area contributed by atoms with Crippen molar-refractivity contribution >= 4 is 5.91 Å². The first-order valence-electron chi connectivity index (χ1n) is 5.06. The number of primary amides is 1. The summed E-state index contributed by atoms with van der Waals surface area (Å²) in [7, 11) is 0. The molecular formula is C10H12N4O3. The van der Waals surface area contributed by atoms with Crippen molar-refractivity contribution in [1.82, 2.24) is 9.55 Å². The summed E-state index contributed by atoms with van der Waals surface area (Å²) in [5.74, 6) is -0.392.